The molecule has 192 valence electrons. The molecule has 0 aliphatic carbocycles. The van der Waals surface area contributed by atoms with E-state index in [9.17, 15) is 14.4 Å². The van der Waals surface area contributed by atoms with Crippen LogP contribution in [0.25, 0.3) is 0 Å². The van der Waals surface area contributed by atoms with Gasteiger partial charge in [-0.05, 0) is 58.6 Å². The number of rotatable bonds is 5. The number of fused-ring (bicyclic) bond motifs is 1. The highest BCUT2D eigenvalue weighted by Gasteiger charge is 2.45. The minimum absolute atomic E-state index is 0.00370. The molecule has 3 aliphatic heterocycles. The number of carbonyl (C=O) groups excluding carboxylic acids is 3. The van der Waals surface area contributed by atoms with E-state index in [1.54, 1.807) is 16.9 Å². The molecule has 3 aliphatic rings. The van der Waals surface area contributed by atoms with Crippen molar-refractivity contribution in [3.05, 3.63) is 46.8 Å². The van der Waals surface area contributed by atoms with Gasteiger partial charge in [-0.1, -0.05) is 6.07 Å². The summed E-state index contributed by atoms with van der Waals surface area (Å²) in [7, 11) is 1.88. The summed E-state index contributed by atoms with van der Waals surface area (Å²) in [6, 6.07) is 5.31. The van der Waals surface area contributed by atoms with Gasteiger partial charge in [0, 0.05) is 50.6 Å². The number of benzene rings is 1. The Morgan fingerprint density at radius 2 is 2.03 bits per heavy atom. The van der Waals surface area contributed by atoms with Gasteiger partial charge in [-0.15, -0.1) is 0 Å². The molecule has 0 radical (unpaired) electrons. The van der Waals surface area contributed by atoms with Gasteiger partial charge in [-0.25, -0.2) is 0 Å². The van der Waals surface area contributed by atoms with E-state index in [4.69, 9.17) is 4.74 Å². The average molecular weight is 494 g/mol. The van der Waals surface area contributed by atoms with Crippen LogP contribution < -0.4 is 10.2 Å². The third-order valence-electron chi connectivity index (χ3n) is 7.88. The zero-order valence-electron chi connectivity index (χ0n) is 21.5. The molecule has 2 aromatic rings. The molecule has 2 fully saturated rings. The molecule has 1 aromatic carbocycles. The lowest BCUT2D eigenvalue weighted by atomic mass is 9.93. The first-order valence-corrected chi connectivity index (χ1v) is 12.8. The van der Waals surface area contributed by atoms with Crippen molar-refractivity contribution in [3.8, 4) is 0 Å². The second-order valence-corrected chi connectivity index (χ2v) is 10.8. The van der Waals surface area contributed by atoms with E-state index in [2.05, 4.69) is 15.3 Å². The standard InChI is InChI=1S/C27H35N5O4/c1-17-19(15-29-30(17)4)14-28-24(33)18-7-6-11-31(16-18)22-9-5-8-21-23(22)26(35)32(25(21)34)20-10-12-36-27(2,3)13-20/h5,8-9,15,18,20H,6-7,10-14,16H2,1-4H3,(H,28,33)/t18-,20+/m1/s1. The predicted octanol–water partition coefficient (Wildman–Crippen LogP) is 2.81. The van der Waals surface area contributed by atoms with Gasteiger partial charge >= 0.3 is 0 Å². The van der Waals surface area contributed by atoms with Crippen LogP contribution in [0, 0.1) is 12.8 Å². The van der Waals surface area contributed by atoms with Crippen molar-refractivity contribution in [3.63, 3.8) is 0 Å². The van der Waals surface area contributed by atoms with Gasteiger partial charge in [-0.2, -0.15) is 5.10 Å². The van der Waals surface area contributed by atoms with Crippen LogP contribution >= 0.6 is 0 Å². The van der Waals surface area contributed by atoms with Crippen LogP contribution in [-0.4, -0.2) is 63.7 Å². The largest absolute Gasteiger partial charge is 0.375 e. The van der Waals surface area contributed by atoms with E-state index in [0.717, 1.165) is 36.3 Å². The molecule has 2 saturated heterocycles. The summed E-state index contributed by atoms with van der Waals surface area (Å²) in [6.45, 7) is 8.21. The minimum atomic E-state index is -0.372. The lowest BCUT2D eigenvalue weighted by Gasteiger charge is -2.39. The molecule has 0 bridgehead atoms. The molecule has 0 saturated carbocycles. The van der Waals surface area contributed by atoms with Crippen LogP contribution in [0.1, 0.15) is 71.5 Å². The molecule has 2 atom stereocenters. The number of nitrogens with one attached hydrogen (secondary N) is 1. The number of piperidine rings is 1. The van der Waals surface area contributed by atoms with Gasteiger partial charge in [0.05, 0.1) is 34.5 Å². The lowest BCUT2D eigenvalue weighted by molar-refractivity contribution is -0.125. The van der Waals surface area contributed by atoms with Crippen molar-refractivity contribution < 1.29 is 19.1 Å². The van der Waals surface area contributed by atoms with Crippen molar-refractivity contribution in [1.29, 1.82) is 0 Å². The molecular formula is C27H35N5O4. The second kappa shape index (κ2) is 9.35. The Kier molecular flexibility index (Phi) is 6.36. The highest BCUT2D eigenvalue weighted by molar-refractivity contribution is 6.24. The number of nitrogens with zero attached hydrogens (tertiary/aromatic N) is 4. The van der Waals surface area contributed by atoms with E-state index >= 15 is 0 Å². The van der Waals surface area contributed by atoms with Gasteiger partial charge in [0.2, 0.25) is 5.91 Å². The van der Waals surface area contributed by atoms with Crippen LogP contribution in [0.4, 0.5) is 5.69 Å². The van der Waals surface area contributed by atoms with Crippen LogP contribution in [0.5, 0.6) is 0 Å². The smallest absolute Gasteiger partial charge is 0.263 e. The maximum absolute atomic E-state index is 13.6. The first-order valence-electron chi connectivity index (χ1n) is 12.8. The van der Waals surface area contributed by atoms with Gasteiger partial charge in [0.25, 0.3) is 11.8 Å². The van der Waals surface area contributed by atoms with Crippen LogP contribution in [-0.2, 0) is 23.1 Å². The number of anilines is 1. The number of amides is 3. The Morgan fingerprint density at radius 1 is 1.22 bits per heavy atom. The lowest BCUT2D eigenvalue weighted by Crippen LogP contribution is -2.48. The SMILES string of the molecule is Cc1c(CNC(=O)[C@@H]2CCCN(c3cccc4c3C(=O)N([C@H]3CCOC(C)(C)C3)C4=O)C2)cnn1C. The number of hydrogen-bond acceptors (Lipinski definition) is 6. The summed E-state index contributed by atoms with van der Waals surface area (Å²) < 4.78 is 7.61. The molecule has 9 heteroatoms. The number of carbonyl (C=O) groups is 3. The third-order valence-corrected chi connectivity index (χ3v) is 7.88. The molecule has 1 N–H and O–H groups in total. The Labute approximate surface area is 211 Å². The number of ether oxygens (including phenoxy) is 1. The predicted molar refractivity (Wildman–Crippen MR) is 135 cm³/mol. The topological polar surface area (TPSA) is 96.8 Å². The summed E-state index contributed by atoms with van der Waals surface area (Å²) in [6.07, 6.45) is 4.68. The molecule has 36 heavy (non-hydrogen) atoms. The molecule has 0 spiro atoms. The van der Waals surface area contributed by atoms with Crippen molar-refractivity contribution >= 4 is 23.4 Å². The fourth-order valence-corrected chi connectivity index (χ4v) is 5.76. The van der Waals surface area contributed by atoms with Crippen LogP contribution in [0.2, 0.25) is 0 Å². The highest BCUT2D eigenvalue weighted by Crippen LogP contribution is 2.38. The maximum atomic E-state index is 13.6. The Balaban J connectivity index is 1.32. The first kappa shape index (κ1) is 24.5. The van der Waals surface area contributed by atoms with Crippen molar-refractivity contribution in [2.75, 3.05) is 24.6 Å². The van der Waals surface area contributed by atoms with E-state index in [1.807, 2.05) is 40.0 Å². The van der Waals surface area contributed by atoms with Gasteiger partial charge in [0.1, 0.15) is 0 Å². The Morgan fingerprint density at radius 3 is 2.75 bits per heavy atom. The van der Waals surface area contributed by atoms with Crippen LogP contribution in [0.15, 0.2) is 24.4 Å². The third kappa shape index (κ3) is 4.40. The Bertz CT molecular complexity index is 1200. The summed E-state index contributed by atoms with van der Waals surface area (Å²) >= 11 is 0. The van der Waals surface area contributed by atoms with E-state index < -0.39 is 0 Å². The van der Waals surface area contributed by atoms with Crippen molar-refractivity contribution in [2.45, 2.75) is 64.6 Å². The fraction of sp³-hybridized carbons (Fsp3) is 0.556. The molecule has 5 rings (SSSR count). The average Bonchev–Trinajstić information content (AvgIpc) is 3.31. The summed E-state index contributed by atoms with van der Waals surface area (Å²) in [4.78, 5) is 43.6. The van der Waals surface area contributed by atoms with Crippen molar-refractivity contribution in [1.82, 2.24) is 20.0 Å². The monoisotopic (exact) mass is 493 g/mol. The minimum Gasteiger partial charge on any atom is -0.375 e. The van der Waals surface area contributed by atoms with Crippen molar-refractivity contribution in [2.24, 2.45) is 13.0 Å². The molecule has 3 amide bonds. The summed E-state index contributed by atoms with van der Waals surface area (Å²) in [5.74, 6) is -0.639. The van der Waals surface area contributed by atoms with Gasteiger partial charge in [-0.3, -0.25) is 24.0 Å². The summed E-state index contributed by atoms with van der Waals surface area (Å²) in [5.41, 5.74) is 3.34. The molecule has 4 heterocycles. The van der Waals surface area contributed by atoms with E-state index in [-0.39, 0.29) is 35.3 Å². The molecule has 1 aromatic heterocycles. The quantitative estimate of drug-likeness (QED) is 0.644. The Hall–Kier alpha value is -3.20. The summed E-state index contributed by atoms with van der Waals surface area (Å²) in [5, 5.41) is 7.30. The zero-order valence-corrected chi connectivity index (χ0v) is 21.5. The maximum Gasteiger partial charge on any atom is 0.263 e. The highest BCUT2D eigenvalue weighted by atomic mass is 16.5. The molecular weight excluding hydrogens is 458 g/mol. The molecule has 0 unspecified atom stereocenters. The van der Waals surface area contributed by atoms with Gasteiger partial charge in [0.15, 0.2) is 0 Å². The fourth-order valence-electron chi connectivity index (χ4n) is 5.76. The number of hydrogen-bond donors (Lipinski definition) is 1. The number of aromatic nitrogens is 2. The number of imide groups is 1. The first-order chi connectivity index (χ1) is 17.2. The second-order valence-electron chi connectivity index (χ2n) is 10.8. The van der Waals surface area contributed by atoms with Crippen LogP contribution in [0.3, 0.4) is 0 Å². The van der Waals surface area contributed by atoms with E-state index in [1.165, 1.54) is 4.90 Å². The normalized spacial score (nSPS) is 23.7. The van der Waals surface area contributed by atoms with Gasteiger partial charge < -0.3 is 15.0 Å². The zero-order chi connectivity index (χ0) is 25.6. The molecule has 9 nitrogen and oxygen atoms in total. The number of aryl methyl sites for hydroxylation is 1. The van der Waals surface area contributed by atoms with E-state index in [0.29, 0.717) is 43.7 Å².